The highest BCUT2D eigenvalue weighted by atomic mass is 32.2. The quantitative estimate of drug-likeness (QED) is 0.797. The van der Waals surface area contributed by atoms with Crippen molar-refractivity contribution in [1.82, 2.24) is 9.97 Å². The van der Waals surface area contributed by atoms with E-state index < -0.39 is 0 Å². The SMILES string of the molecule is Cc1nc2ccccc2nc1Sc1ccc(CO)cc1. The van der Waals surface area contributed by atoms with Gasteiger partial charge in [-0.25, -0.2) is 9.97 Å². The van der Waals surface area contributed by atoms with Crippen LogP contribution in [-0.2, 0) is 6.61 Å². The van der Waals surface area contributed by atoms with E-state index in [2.05, 4.69) is 9.97 Å². The number of aliphatic hydroxyl groups is 1. The molecule has 0 saturated heterocycles. The second-order valence-corrected chi connectivity index (χ2v) is 5.57. The average Bonchev–Trinajstić information content (AvgIpc) is 2.49. The van der Waals surface area contributed by atoms with Gasteiger partial charge in [-0.15, -0.1) is 0 Å². The van der Waals surface area contributed by atoms with Gasteiger partial charge >= 0.3 is 0 Å². The largest absolute Gasteiger partial charge is 0.392 e. The van der Waals surface area contributed by atoms with E-state index in [4.69, 9.17) is 5.11 Å². The predicted molar refractivity (Wildman–Crippen MR) is 80.8 cm³/mol. The van der Waals surface area contributed by atoms with E-state index in [1.54, 1.807) is 11.8 Å². The number of para-hydroxylation sites is 2. The van der Waals surface area contributed by atoms with Crippen LogP contribution < -0.4 is 0 Å². The summed E-state index contributed by atoms with van der Waals surface area (Å²) in [5, 5.41) is 9.97. The summed E-state index contributed by atoms with van der Waals surface area (Å²) in [5.41, 5.74) is 3.67. The molecule has 3 rings (SSSR count). The van der Waals surface area contributed by atoms with Crippen LogP contribution in [0.4, 0.5) is 0 Å². The molecule has 3 nitrogen and oxygen atoms in total. The predicted octanol–water partition coefficient (Wildman–Crippen LogP) is 3.58. The molecule has 0 atom stereocenters. The molecular formula is C16H14N2OS. The van der Waals surface area contributed by atoms with Gasteiger partial charge < -0.3 is 5.11 Å². The molecule has 0 aliphatic carbocycles. The molecule has 1 N–H and O–H groups in total. The lowest BCUT2D eigenvalue weighted by Crippen LogP contribution is -1.92. The van der Waals surface area contributed by atoms with E-state index in [0.717, 1.165) is 32.2 Å². The zero-order valence-electron chi connectivity index (χ0n) is 11.1. The Balaban J connectivity index is 1.94. The van der Waals surface area contributed by atoms with Crippen molar-refractivity contribution < 1.29 is 5.11 Å². The standard InChI is InChI=1S/C16H14N2OS/c1-11-16(18-15-5-3-2-4-14(15)17-11)20-13-8-6-12(10-19)7-9-13/h2-9,19H,10H2,1H3. The molecule has 0 spiro atoms. The molecule has 0 aliphatic heterocycles. The first-order chi connectivity index (χ1) is 9.76. The first kappa shape index (κ1) is 13.1. The van der Waals surface area contributed by atoms with Crippen LogP contribution in [0.2, 0.25) is 0 Å². The third-order valence-corrected chi connectivity index (χ3v) is 4.11. The zero-order chi connectivity index (χ0) is 13.9. The monoisotopic (exact) mass is 282 g/mol. The molecule has 0 bridgehead atoms. The molecule has 100 valence electrons. The molecule has 20 heavy (non-hydrogen) atoms. The summed E-state index contributed by atoms with van der Waals surface area (Å²) in [5.74, 6) is 0. The Morgan fingerprint density at radius 1 is 0.950 bits per heavy atom. The van der Waals surface area contributed by atoms with Crippen molar-refractivity contribution in [1.29, 1.82) is 0 Å². The summed E-state index contributed by atoms with van der Waals surface area (Å²) >= 11 is 1.59. The Morgan fingerprint density at radius 3 is 2.25 bits per heavy atom. The summed E-state index contributed by atoms with van der Waals surface area (Å²) in [6.45, 7) is 2.05. The number of hydrogen-bond acceptors (Lipinski definition) is 4. The Morgan fingerprint density at radius 2 is 1.60 bits per heavy atom. The summed E-state index contributed by atoms with van der Waals surface area (Å²) in [4.78, 5) is 10.3. The van der Waals surface area contributed by atoms with Gasteiger partial charge in [0.25, 0.3) is 0 Å². The van der Waals surface area contributed by atoms with Gasteiger partial charge in [-0.3, -0.25) is 0 Å². The molecular weight excluding hydrogens is 268 g/mol. The lowest BCUT2D eigenvalue weighted by Gasteiger charge is -2.06. The summed E-state index contributed by atoms with van der Waals surface area (Å²) in [6.07, 6.45) is 0. The molecule has 0 fully saturated rings. The minimum atomic E-state index is 0.0692. The van der Waals surface area contributed by atoms with Crippen molar-refractivity contribution in [3.8, 4) is 0 Å². The normalized spacial score (nSPS) is 10.9. The smallest absolute Gasteiger partial charge is 0.123 e. The molecule has 0 unspecified atom stereocenters. The lowest BCUT2D eigenvalue weighted by molar-refractivity contribution is 0.282. The number of hydrogen-bond donors (Lipinski definition) is 1. The Labute approximate surface area is 121 Å². The first-order valence-electron chi connectivity index (χ1n) is 6.37. The summed E-state index contributed by atoms with van der Waals surface area (Å²) < 4.78 is 0. The van der Waals surface area contributed by atoms with Crippen LogP contribution in [-0.4, -0.2) is 15.1 Å². The summed E-state index contributed by atoms with van der Waals surface area (Å²) in [6, 6.07) is 15.7. The molecule has 0 amide bonds. The van der Waals surface area contributed by atoms with Gasteiger partial charge in [0.1, 0.15) is 5.03 Å². The van der Waals surface area contributed by atoms with Gasteiger partial charge in [-0.2, -0.15) is 0 Å². The molecule has 0 radical (unpaired) electrons. The molecule has 1 heterocycles. The molecule has 4 heteroatoms. The number of aliphatic hydroxyl groups excluding tert-OH is 1. The molecule has 0 aliphatic rings. The van der Waals surface area contributed by atoms with E-state index in [1.165, 1.54) is 0 Å². The number of aromatic nitrogens is 2. The molecule has 3 aromatic rings. The van der Waals surface area contributed by atoms with Gasteiger partial charge in [-0.1, -0.05) is 36.0 Å². The van der Waals surface area contributed by atoms with Crippen molar-refractivity contribution >= 4 is 22.8 Å². The fraction of sp³-hybridized carbons (Fsp3) is 0.125. The van der Waals surface area contributed by atoms with E-state index in [1.807, 2.05) is 55.5 Å². The minimum absolute atomic E-state index is 0.0692. The van der Waals surface area contributed by atoms with Crippen molar-refractivity contribution in [3.05, 3.63) is 59.8 Å². The molecule has 0 saturated carbocycles. The highest BCUT2D eigenvalue weighted by molar-refractivity contribution is 7.99. The van der Waals surface area contributed by atoms with Gasteiger partial charge in [-0.05, 0) is 36.8 Å². The first-order valence-corrected chi connectivity index (χ1v) is 7.19. The van der Waals surface area contributed by atoms with Crippen LogP contribution in [0.15, 0.2) is 58.5 Å². The Hall–Kier alpha value is -1.91. The van der Waals surface area contributed by atoms with E-state index in [-0.39, 0.29) is 6.61 Å². The topological polar surface area (TPSA) is 46.0 Å². The minimum Gasteiger partial charge on any atom is -0.392 e. The Bertz CT molecular complexity index is 741. The number of nitrogens with zero attached hydrogens (tertiary/aromatic N) is 2. The third kappa shape index (κ3) is 2.66. The maximum Gasteiger partial charge on any atom is 0.123 e. The summed E-state index contributed by atoms with van der Waals surface area (Å²) in [7, 11) is 0. The van der Waals surface area contributed by atoms with Crippen LogP contribution in [0.3, 0.4) is 0 Å². The number of fused-ring (bicyclic) bond motifs is 1. The fourth-order valence-corrected chi connectivity index (χ4v) is 2.78. The van der Waals surface area contributed by atoms with Crippen LogP contribution in [0.5, 0.6) is 0 Å². The van der Waals surface area contributed by atoms with Crippen molar-refractivity contribution in [2.24, 2.45) is 0 Å². The molecule has 2 aromatic carbocycles. The van der Waals surface area contributed by atoms with E-state index >= 15 is 0 Å². The van der Waals surface area contributed by atoms with E-state index in [9.17, 15) is 0 Å². The number of aryl methyl sites for hydroxylation is 1. The van der Waals surface area contributed by atoms with Gasteiger partial charge in [0.2, 0.25) is 0 Å². The third-order valence-electron chi connectivity index (χ3n) is 3.02. The number of rotatable bonds is 3. The van der Waals surface area contributed by atoms with Crippen LogP contribution in [0, 0.1) is 6.92 Å². The Kier molecular flexibility index (Phi) is 3.67. The second kappa shape index (κ2) is 5.61. The highest BCUT2D eigenvalue weighted by Gasteiger charge is 2.06. The molecule has 1 aromatic heterocycles. The van der Waals surface area contributed by atoms with Crippen molar-refractivity contribution in [3.63, 3.8) is 0 Å². The fourth-order valence-electron chi connectivity index (χ4n) is 1.94. The van der Waals surface area contributed by atoms with Crippen LogP contribution in [0.1, 0.15) is 11.3 Å². The lowest BCUT2D eigenvalue weighted by atomic mass is 10.2. The maximum atomic E-state index is 9.05. The maximum absolute atomic E-state index is 9.05. The van der Waals surface area contributed by atoms with E-state index in [0.29, 0.717) is 0 Å². The second-order valence-electron chi connectivity index (χ2n) is 4.51. The van der Waals surface area contributed by atoms with Crippen molar-refractivity contribution in [2.45, 2.75) is 23.5 Å². The average molecular weight is 282 g/mol. The van der Waals surface area contributed by atoms with Crippen LogP contribution >= 0.6 is 11.8 Å². The number of benzene rings is 2. The highest BCUT2D eigenvalue weighted by Crippen LogP contribution is 2.29. The van der Waals surface area contributed by atoms with Crippen molar-refractivity contribution in [2.75, 3.05) is 0 Å². The zero-order valence-corrected chi connectivity index (χ0v) is 11.9. The van der Waals surface area contributed by atoms with Crippen LogP contribution in [0.25, 0.3) is 11.0 Å². The van der Waals surface area contributed by atoms with Gasteiger partial charge in [0, 0.05) is 4.90 Å². The van der Waals surface area contributed by atoms with Gasteiger partial charge in [0.15, 0.2) is 0 Å². The van der Waals surface area contributed by atoms with Gasteiger partial charge in [0.05, 0.1) is 23.3 Å².